The summed E-state index contributed by atoms with van der Waals surface area (Å²) in [5.74, 6) is 0.847. The summed E-state index contributed by atoms with van der Waals surface area (Å²) in [6, 6.07) is 4.09. The van der Waals surface area contributed by atoms with Crippen LogP contribution in [0.1, 0.15) is 36.5 Å². The SMILES string of the molecule is C=C(C)c1cc(OCCC[C@H](O)OC)c(C)cc1COC. The van der Waals surface area contributed by atoms with Crippen LogP contribution in [0.25, 0.3) is 5.57 Å². The van der Waals surface area contributed by atoms with Crippen LogP contribution in [-0.2, 0) is 16.1 Å². The molecule has 1 atom stereocenters. The third-order valence-corrected chi connectivity index (χ3v) is 3.29. The van der Waals surface area contributed by atoms with Crippen molar-refractivity contribution in [1.82, 2.24) is 0 Å². The molecule has 1 rings (SSSR count). The minimum Gasteiger partial charge on any atom is -0.493 e. The summed E-state index contributed by atoms with van der Waals surface area (Å²) in [4.78, 5) is 0. The Morgan fingerprint density at radius 1 is 1.33 bits per heavy atom. The summed E-state index contributed by atoms with van der Waals surface area (Å²) in [5, 5.41) is 9.32. The van der Waals surface area contributed by atoms with E-state index in [0.717, 1.165) is 34.4 Å². The summed E-state index contributed by atoms with van der Waals surface area (Å²) in [5.41, 5.74) is 4.24. The lowest BCUT2D eigenvalue weighted by Crippen LogP contribution is -2.11. The second kappa shape index (κ2) is 8.82. The summed E-state index contributed by atoms with van der Waals surface area (Å²) in [6.07, 6.45) is 0.575. The minimum absolute atomic E-state index is 0.542. The van der Waals surface area contributed by atoms with Gasteiger partial charge in [-0.25, -0.2) is 0 Å². The molecule has 0 fully saturated rings. The number of hydrogen-bond acceptors (Lipinski definition) is 4. The highest BCUT2D eigenvalue weighted by Crippen LogP contribution is 2.28. The molecule has 0 saturated carbocycles. The monoisotopic (exact) mass is 294 g/mol. The predicted molar refractivity (Wildman–Crippen MR) is 84.3 cm³/mol. The van der Waals surface area contributed by atoms with Crippen molar-refractivity contribution < 1.29 is 19.3 Å². The Bertz CT molecular complexity index is 468. The van der Waals surface area contributed by atoms with Gasteiger partial charge in [-0.2, -0.15) is 0 Å². The maximum Gasteiger partial charge on any atom is 0.154 e. The van der Waals surface area contributed by atoms with Gasteiger partial charge < -0.3 is 19.3 Å². The molecule has 0 amide bonds. The summed E-state index contributed by atoms with van der Waals surface area (Å²) >= 11 is 0. The standard InChI is InChI=1S/C17H26O4/c1-12(2)15-10-16(13(3)9-14(15)11-19-4)21-8-6-7-17(18)20-5/h9-10,17-18H,1,6-8,11H2,2-5H3/t17-/m1/s1. The number of allylic oxidation sites excluding steroid dienone is 1. The zero-order valence-corrected chi connectivity index (χ0v) is 13.4. The first-order valence-electron chi connectivity index (χ1n) is 7.11. The average molecular weight is 294 g/mol. The second-order valence-corrected chi connectivity index (χ2v) is 5.17. The maximum atomic E-state index is 9.32. The van der Waals surface area contributed by atoms with Crippen LogP contribution >= 0.6 is 0 Å². The Labute approximate surface area is 127 Å². The van der Waals surface area contributed by atoms with Crippen molar-refractivity contribution in [3.05, 3.63) is 35.4 Å². The molecule has 118 valence electrons. The Hall–Kier alpha value is -1.36. The van der Waals surface area contributed by atoms with Crippen LogP contribution < -0.4 is 4.74 Å². The van der Waals surface area contributed by atoms with E-state index in [9.17, 15) is 5.11 Å². The molecular formula is C17H26O4. The van der Waals surface area contributed by atoms with Gasteiger partial charge in [-0.1, -0.05) is 12.2 Å². The van der Waals surface area contributed by atoms with E-state index in [1.165, 1.54) is 7.11 Å². The van der Waals surface area contributed by atoms with Gasteiger partial charge in [-0.15, -0.1) is 0 Å². The first-order chi connectivity index (χ1) is 9.99. The van der Waals surface area contributed by atoms with Crippen LogP contribution in [-0.4, -0.2) is 32.2 Å². The van der Waals surface area contributed by atoms with Gasteiger partial charge in [0.25, 0.3) is 0 Å². The van der Waals surface area contributed by atoms with Crippen molar-refractivity contribution in [3.63, 3.8) is 0 Å². The highest BCUT2D eigenvalue weighted by Gasteiger charge is 2.09. The average Bonchev–Trinajstić information content (AvgIpc) is 2.45. The van der Waals surface area contributed by atoms with E-state index in [4.69, 9.17) is 14.2 Å². The molecule has 0 saturated heterocycles. The number of hydrogen-bond donors (Lipinski definition) is 1. The van der Waals surface area contributed by atoms with Crippen molar-refractivity contribution in [2.75, 3.05) is 20.8 Å². The third-order valence-electron chi connectivity index (χ3n) is 3.29. The lowest BCUT2D eigenvalue weighted by molar-refractivity contribution is -0.0803. The molecule has 1 aromatic carbocycles. The first kappa shape index (κ1) is 17.7. The van der Waals surface area contributed by atoms with E-state index in [1.807, 2.05) is 19.9 Å². The highest BCUT2D eigenvalue weighted by molar-refractivity contribution is 5.67. The number of aliphatic hydroxyl groups is 1. The molecule has 1 N–H and O–H groups in total. The van der Waals surface area contributed by atoms with Crippen molar-refractivity contribution in [2.24, 2.45) is 0 Å². The largest absolute Gasteiger partial charge is 0.493 e. The molecule has 0 aliphatic rings. The van der Waals surface area contributed by atoms with Crippen LogP contribution in [0.2, 0.25) is 0 Å². The zero-order valence-electron chi connectivity index (χ0n) is 13.4. The molecule has 0 spiro atoms. The van der Waals surface area contributed by atoms with Gasteiger partial charge in [0.2, 0.25) is 0 Å². The van der Waals surface area contributed by atoms with Gasteiger partial charge in [-0.05, 0) is 49.1 Å². The number of aryl methyl sites for hydroxylation is 1. The minimum atomic E-state index is -0.718. The Morgan fingerprint density at radius 3 is 2.62 bits per heavy atom. The predicted octanol–water partition coefficient (Wildman–Crippen LogP) is 3.30. The quantitative estimate of drug-likeness (QED) is 0.561. The lowest BCUT2D eigenvalue weighted by Gasteiger charge is -2.15. The molecule has 0 aromatic heterocycles. The summed E-state index contributed by atoms with van der Waals surface area (Å²) in [7, 11) is 3.17. The molecular weight excluding hydrogens is 268 g/mol. The van der Waals surface area contributed by atoms with Gasteiger partial charge in [0, 0.05) is 20.6 Å². The van der Waals surface area contributed by atoms with Crippen molar-refractivity contribution in [3.8, 4) is 5.75 Å². The number of benzene rings is 1. The molecule has 0 radical (unpaired) electrons. The topological polar surface area (TPSA) is 47.9 Å². The van der Waals surface area contributed by atoms with Crippen LogP contribution in [0.15, 0.2) is 18.7 Å². The van der Waals surface area contributed by atoms with E-state index in [1.54, 1.807) is 7.11 Å². The molecule has 0 bridgehead atoms. The van der Waals surface area contributed by atoms with Gasteiger partial charge in [0.1, 0.15) is 5.75 Å². The Balaban J connectivity index is 2.74. The number of ether oxygens (including phenoxy) is 3. The highest BCUT2D eigenvalue weighted by atomic mass is 16.6. The molecule has 0 heterocycles. The molecule has 21 heavy (non-hydrogen) atoms. The fourth-order valence-corrected chi connectivity index (χ4v) is 2.13. The van der Waals surface area contributed by atoms with Crippen molar-refractivity contribution in [2.45, 2.75) is 39.6 Å². The fraction of sp³-hybridized carbons (Fsp3) is 0.529. The molecule has 0 unspecified atom stereocenters. The molecule has 0 aliphatic carbocycles. The van der Waals surface area contributed by atoms with Crippen LogP contribution in [0.4, 0.5) is 0 Å². The first-order valence-corrected chi connectivity index (χ1v) is 7.11. The lowest BCUT2D eigenvalue weighted by atomic mass is 9.99. The van der Waals surface area contributed by atoms with Crippen LogP contribution in [0.3, 0.4) is 0 Å². The van der Waals surface area contributed by atoms with Gasteiger partial charge in [-0.3, -0.25) is 0 Å². The van der Waals surface area contributed by atoms with Crippen molar-refractivity contribution in [1.29, 1.82) is 0 Å². The number of methoxy groups -OCH3 is 2. The van der Waals surface area contributed by atoms with Crippen molar-refractivity contribution >= 4 is 5.57 Å². The normalized spacial score (nSPS) is 12.2. The molecule has 1 aromatic rings. The smallest absolute Gasteiger partial charge is 0.154 e. The molecule has 4 heteroatoms. The summed E-state index contributed by atoms with van der Waals surface area (Å²) in [6.45, 7) is 9.10. The van der Waals surface area contributed by atoms with Gasteiger partial charge in [0.15, 0.2) is 6.29 Å². The van der Waals surface area contributed by atoms with Gasteiger partial charge in [0.05, 0.1) is 13.2 Å². The van der Waals surface area contributed by atoms with E-state index >= 15 is 0 Å². The number of rotatable bonds is 9. The number of aliphatic hydroxyl groups excluding tert-OH is 1. The Kier molecular flexibility index (Phi) is 7.43. The second-order valence-electron chi connectivity index (χ2n) is 5.17. The summed E-state index contributed by atoms with van der Waals surface area (Å²) < 4.78 is 15.8. The zero-order chi connectivity index (χ0) is 15.8. The van der Waals surface area contributed by atoms with E-state index < -0.39 is 6.29 Å². The van der Waals surface area contributed by atoms with E-state index in [-0.39, 0.29) is 0 Å². The maximum absolute atomic E-state index is 9.32. The third kappa shape index (κ3) is 5.50. The molecule has 4 nitrogen and oxygen atoms in total. The van der Waals surface area contributed by atoms with Gasteiger partial charge >= 0.3 is 0 Å². The molecule has 0 aliphatic heterocycles. The van der Waals surface area contributed by atoms with Crippen LogP contribution in [0, 0.1) is 6.92 Å². The van der Waals surface area contributed by atoms with E-state index in [2.05, 4.69) is 12.6 Å². The van der Waals surface area contributed by atoms with Crippen LogP contribution in [0.5, 0.6) is 5.75 Å². The van der Waals surface area contributed by atoms with E-state index in [0.29, 0.717) is 19.6 Å². The Morgan fingerprint density at radius 2 is 2.05 bits per heavy atom. The fourth-order valence-electron chi connectivity index (χ4n) is 2.13.